The fourth-order valence-electron chi connectivity index (χ4n) is 1.84. The molecule has 6 nitrogen and oxygen atoms in total. The topological polar surface area (TPSA) is 96.0 Å². The highest BCUT2D eigenvalue weighted by Gasteiger charge is 2.25. The van der Waals surface area contributed by atoms with E-state index in [-0.39, 0.29) is 23.8 Å². The number of hydrogen-bond acceptors (Lipinski definition) is 5. The lowest BCUT2D eigenvalue weighted by molar-refractivity contribution is -0.170. The van der Waals surface area contributed by atoms with Crippen LogP contribution in [0.3, 0.4) is 0 Å². The molecule has 1 aromatic rings. The predicted octanol–water partition coefficient (Wildman–Crippen LogP) is 0.132. The van der Waals surface area contributed by atoms with Gasteiger partial charge < -0.3 is 15.9 Å². The zero-order chi connectivity index (χ0) is 13.1. The van der Waals surface area contributed by atoms with Crippen molar-refractivity contribution in [2.24, 2.45) is 5.73 Å². The van der Waals surface area contributed by atoms with E-state index in [9.17, 15) is 15.0 Å². The monoisotopic (exact) mass is 252 g/mol. The van der Waals surface area contributed by atoms with Crippen LogP contribution in [0.15, 0.2) is 18.2 Å². The number of hydroxylamine groups is 2. The molecule has 0 spiro atoms. The van der Waals surface area contributed by atoms with Crippen LogP contribution in [0.25, 0.3) is 0 Å². The third-order valence-corrected chi connectivity index (χ3v) is 2.81. The summed E-state index contributed by atoms with van der Waals surface area (Å²) in [7, 11) is 0. The molecule has 1 saturated heterocycles. The van der Waals surface area contributed by atoms with Crippen LogP contribution in [0.5, 0.6) is 11.5 Å². The standard InChI is InChI=1S/C12H16N2O4/c13-9(12(17)14-4-1-5-18-14)6-8-2-3-10(15)11(16)7-8/h2-3,7,9,15-16H,1,4-6,13H2/t9-/m0/s1. The maximum Gasteiger partial charge on any atom is 0.263 e. The number of carbonyl (C=O) groups is 1. The van der Waals surface area contributed by atoms with Gasteiger partial charge in [0.2, 0.25) is 0 Å². The van der Waals surface area contributed by atoms with Crippen molar-refractivity contribution in [2.45, 2.75) is 18.9 Å². The van der Waals surface area contributed by atoms with Crippen molar-refractivity contribution in [1.82, 2.24) is 5.06 Å². The van der Waals surface area contributed by atoms with Gasteiger partial charge in [-0.05, 0) is 30.5 Å². The molecule has 1 amide bonds. The Kier molecular flexibility index (Phi) is 3.69. The highest BCUT2D eigenvalue weighted by Crippen LogP contribution is 2.25. The number of hydrogen-bond donors (Lipinski definition) is 3. The maximum atomic E-state index is 11.9. The minimum absolute atomic E-state index is 0.193. The van der Waals surface area contributed by atoms with Crippen LogP contribution in [-0.2, 0) is 16.1 Å². The van der Waals surface area contributed by atoms with E-state index in [0.29, 0.717) is 18.7 Å². The SMILES string of the molecule is N[C@@H](Cc1ccc(O)c(O)c1)C(=O)N1CCCO1. The summed E-state index contributed by atoms with van der Waals surface area (Å²) < 4.78 is 0. The summed E-state index contributed by atoms with van der Waals surface area (Å²) >= 11 is 0. The van der Waals surface area contributed by atoms with Crippen molar-refractivity contribution in [3.8, 4) is 11.5 Å². The van der Waals surface area contributed by atoms with Crippen LogP contribution in [0.4, 0.5) is 0 Å². The van der Waals surface area contributed by atoms with Gasteiger partial charge in [-0.3, -0.25) is 9.63 Å². The Bertz CT molecular complexity index is 444. The molecule has 1 atom stereocenters. The van der Waals surface area contributed by atoms with Gasteiger partial charge in [-0.1, -0.05) is 6.07 Å². The average molecular weight is 252 g/mol. The zero-order valence-electron chi connectivity index (χ0n) is 9.87. The van der Waals surface area contributed by atoms with Crippen molar-refractivity contribution in [3.05, 3.63) is 23.8 Å². The maximum absolute atomic E-state index is 11.9. The third kappa shape index (κ3) is 2.72. The first kappa shape index (κ1) is 12.7. The van der Waals surface area contributed by atoms with Crippen molar-refractivity contribution < 1.29 is 19.8 Å². The third-order valence-electron chi connectivity index (χ3n) is 2.81. The molecule has 1 aliphatic rings. The average Bonchev–Trinajstić information content (AvgIpc) is 2.86. The molecule has 0 aliphatic carbocycles. The number of carbonyl (C=O) groups excluding carboxylic acids is 1. The van der Waals surface area contributed by atoms with Crippen molar-refractivity contribution in [3.63, 3.8) is 0 Å². The number of rotatable bonds is 3. The summed E-state index contributed by atoms with van der Waals surface area (Å²) in [6.07, 6.45) is 1.10. The van der Waals surface area contributed by atoms with E-state index < -0.39 is 6.04 Å². The number of benzene rings is 1. The zero-order valence-corrected chi connectivity index (χ0v) is 9.87. The Balaban J connectivity index is 1.99. The summed E-state index contributed by atoms with van der Waals surface area (Å²) in [6, 6.07) is 3.67. The van der Waals surface area contributed by atoms with Crippen LogP contribution in [0, 0.1) is 0 Å². The first-order valence-electron chi connectivity index (χ1n) is 5.78. The number of amides is 1. The molecule has 0 unspecified atom stereocenters. The molecular weight excluding hydrogens is 236 g/mol. The molecule has 0 aromatic heterocycles. The van der Waals surface area contributed by atoms with E-state index in [0.717, 1.165) is 6.42 Å². The first-order chi connectivity index (χ1) is 8.58. The second kappa shape index (κ2) is 5.24. The second-order valence-electron chi connectivity index (χ2n) is 4.26. The molecule has 0 bridgehead atoms. The highest BCUT2D eigenvalue weighted by atomic mass is 16.7. The lowest BCUT2D eigenvalue weighted by atomic mass is 10.1. The fraction of sp³-hybridized carbons (Fsp3) is 0.417. The number of nitrogens with zero attached hydrogens (tertiary/aromatic N) is 1. The molecule has 98 valence electrons. The fourth-order valence-corrected chi connectivity index (χ4v) is 1.84. The van der Waals surface area contributed by atoms with Gasteiger partial charge in [-0.15, -0.1) is 0 Å². The van der Waals surface area contributed by atoms with Gasteiger partial charge in [0.15, 0.2) is 11.5 Å². The number of nitrogens with two attached hydrogens (primary N) is 1. The van der Waals surface area contributed by atoms with E-state index in [4.69, 9.17) is 10.6 Å². The van der Waals surface area contributed by atoms with Gasteiger partial charge in [-0.25, -0.2) is 5.06 Å². The molecule has 2 rings (SSSR count). The van der Waals surface area contributed by atoms with Crippen LogP contribution >= 0.6 is 0 Å². The van der Waals surface area contributed by atoms with E-state index in [1.165, 1.54) is 17.2 Å². The van der Waals surface area contributed by atoms with E-state index in [1.54, 1.807) is 6.07 Å². The normalized spacial score (nSPS) is 16.8. The molecule has 0 saturated carbocycles. The minimum Gasteiger partial charge on any atom is -0.504 e. The Morgan fingerprint density at radius 3 is 2.83 bits per heavy atom. The van der Waals surface area contributed by atoms with Crippen LogP contribution in [0.2, 0.25) is 0 Å². The van der Waals surface area contributed by atoms with Crippen LogP contribution in [0.1, 0.15) is 12.0 Å². The van der Waals surface area contributed by atoms with Crippen LogP contribution in [-0.4, -0.2) is 40.4 Å². The van der Waals surface area contributed by atoms with Gasteiger partial charge in [-0.2, -0.15) is 0 Å². The van der Waals surface area contributed by atoms with Crippen molar-refractivity contribution in [2.75, 3.05) is 13.2 Å². The molecule has 18 heavy (non-hydrogen) atoms. The highest BCUT2D eigenvalue weighted by molar-refractivity contribution is 5.81. The van der Waals surface area contributed by atoms with Crippen LogP contribution < -0.4 is 5.73 Å². The molecule has 1 aliphatic heterocycles. The summed E-state index contributed by atoms with van der Waals surface area (Å²) in [5.41, 5.74) is 6.49. The lowest BCUT2D eigenvalue weighted by Crippen LogP contribution is -2.43. The quantitative estimate of drug-likeness (QED) is 0.665. The second-order valence-corrected chi connectivity index (χ2v) is 4.26. The molecular formula is C12H16N2O4. The Hall–Kier alpha value is -1.79. The summed E-state index contributed by atoms with van der Waals surface area (Å²) in [5.74, 6) is -0.675. The van der Waals surface area contributed by atoms with Gasteiger partial charge in [0.25, 0.3) is 5.91 Å². The predicted molar refractivity (Wildman–Crippen MR) is 63.7 cm³/mol. The largest absolute Gasteiger partial charge is 0.504 e. The molecule has 1 fully saturated rings. The summed E-state index contributed by atoms with van der Waals surface area (Å²) in [6.45, 7) is 1.10. The van der Waals surface area contributed by atoms with Crippen molar-refractivity contribution in [1.29, 1.82) is 0 Å². The summed E-state index contributed by atoms with van der Waals surface area (Å²) in [4.78, 5) is 17.0. The Morgan fingerprint density at radius 1 is 1.44 bits per heavy atom. The van der Waals surface area contributed by atoms with Gasteiger partial charge in [0, 0.05) is 0 Å². The minimum atomic E-state index is -0.716. The smallest absolute Gasteiger partial charge is 0.263 e. The Labute approximate surface area is 105 Å². The van der Waals surface area contributed by atoms with E-state index >= 15 is 0 Å². The Morgan fingerprint density at radius 2 is 2.22 bits per heavy atom. The molecule has 6 heteroatoms. The molecule has 1 heterocycles. The molecule has 4 N–H and O–H groups in total. The van der Waals surface area contributed by atoms with Gasteiger partial charge >= 0.3 is 0 Å². The molecule has 0 radical (unpaired) electrons. The lowest BCUT2D eigenvalue weighted by Gasteiger charge is -2.18. The van der Waals surface area contributed by atoms with Gasteiger partial charge in [0.1, 0.15) is 0 Å². The number of aromatic hydroxyl groups is 2. The number of phenols is 2. The molecule has 1 aromatic carbocycles. The van der Waals surface area contributed by atoms with Crippen molar-refractivity contribution >= 4 is 5.91 Å². The first-order valence-corrected chi connectivity index (χ1v) is 5.78. The van der Waals surface area contributed by atoms with E-state index in [2.05, 4.69) is 0 Å². The number of phenolic OH excluding ortho intramolecular Hbond substituents is 2. The summed E-state index contributed by atoms with van der Waals surface area (Å²) in [5, 5.41) is 19.8. The van der Waals surface area contributed by atoms with E-state index in [1.807, 2.05) is 0 Å². The van der Waals surface area contributed by atoms with Gasteiger partial charge in [0.05, 0.1) is 19.2 Å².